The molecule has 1 aromatic carbocycles. The van der Waals surface area contributed by atoms with Crippen LogP contribution in [-0.4, -0.2) is 22.7 Å². The number of imide groups is 1. The Balaban J connectivity index is 1.66. The Bertz CT molecular complexity index is 793. The smallest absolute Gasteiger partial charge is 0.295 e. The van der Waals surface area contributed by atoms with E-state index < -0.39 is 0 Å². The molecule has 3 rings (SSSR count). The lowest BCUT2D eigenvalue weighted by Gasteiger charge is -2.14. The molecule has 124 valence electrons. The van der Waals surface area contributed by atoms with Crippen LogP contribution in [0.5, 0.6) is 0 Å². The van der Waals surface area contributed by atoms with Crippen molar-refractivity contribution in [2.75, 3.05) is 12.0 Å². The second-order valence-corrected chi connectivity index (χ2v) is 6.44. The molecule has 1 N–H and O–H groups in total. The third-order valence-corrected chi connectivity index (χ3v) is 4.62. The molecule has 24 heavy (non-hydrogen) atoms. The summed E-state index contributed by atoms with van der Waals surface area (Å²) in [5.41, 5.74) is 2.11. The van der Waals surface area contributed by atoms with Crippen molar-refractivity contribution in [3.05, 3.63) is 58.4 Å². The third kappa shape index (κ3) is 3.54. The van der Waals surface area contributed by atoms with Crippen LogP contribution in [-0.2, 0) is 11.2 Å². The van der Waals surface area contributed by atoms with Gasteiger partial charge in [0.2, 0.25) is 0 Å². The molecule has 6 heteroatoms. The van der Waals surface area contributed by atoms with Crippen molar-refractivity contribution < 1.29 is 14.0 Å². The van der Waals surface area contributed by atoms with Gasteiger partial charge in [-0.2, -0.15) is 0 Å². The van der Waals surface area contributed by atoms with E-state index >= 15 is 0 Å². The summed E-state index contributed by atoms with van der Waals surface area (Å²) in [6.07, 6.45) is 2.58. The van der Waals surface area contributed by atoms with Gasteiger partial charge in [-0.1, -0.05) is 19.1 Å². The standard InChI is InChI=1S/C18H18N2O3S/c1-3-13-5-7-14(8-6-13)19-11-20-17(21)16(24-18(20)22)10-15-9-4-12(2)23-15/h4-10,19H,3,11H2,1-2H3. The van der Waals surface area contributed by atoms with Crippen LogP contribution in [0.2, 0.25) is 0 Å². The number of anilines is 1. The summed E-state index contributed by atoms with van der Waals surface area (Å²) < 4.78 is 5.43. The van der Waals surface area contributed by atoms with Crippen molar-refractivity contribution in [3.8, 4) is 0 Å². The van der Waals surface area contributed by atoms with Gasteiger partial charge in [-0.25, -0.2) is 0 Å². The monoisotopic (exact) mass is 342 g/mol. The summed E-state index contributed by atoms with van der Waals surface area (Å²) in [4.78, 5) is 26.0. The number of nitrogens with one attached hydrogen (secondary N) is 1. The molecule has 1 aliphatic heterocycles. The number of thioether (sulfide) groups is 1. The highest BCUT2D eigenvalue weighted by molar-refractivity contribution is 8.18. The Morgan fingerprint density at radius 1 is 1.17 bits per heavy atom. The van der Waals surface area contributed by atoms with Crippen molar-refractivity contribution >= 4 is 34.7 Å². The van der Waals surface area contributed by atoms with E-state index in [0.717, 1.165) is 29.6 Å². The molecule has 2 amide bonds. The second kappa shape index (κ2) is 6.97. The molecular formula is C18H18N2O3S. The fourth-order valence-electron chi connectivity index (χ4n) is 2.33. The van der Waals surface area contributed by atoms with Crippen molar-refractivity contribution in [2.24, 2.45) is 0 Å². The molecule has 2 heterocycles. The molecule has 0 atom stereocenters. The van der Waals surface area contributed by atoms with E-state index in [9.17, 15) is 9.59 Å². The van der Waals surface area contributed by atoms with E-state index in [2.05, 4.69) is 12.2 Å². The van der Waals surface area contributed by atoms with Crippen molar-refractivity contribution in [3.63, 3.8) is 0 Å². The first kappa shape index (κ1) is 16.4. The van der Waals surface area contributed by atoms with Gasteiger partial charge in [-0.15, -0.1) is 0 Å². The van der Waals surface area contributed by atoms with Crippen molar-refractivity contribution in [1.29, 1.82) is 0 Å². The number of carbonyl (C=O) groups is 2. The number of hydrogen-bond donors (Lipinski definition) is 1. The van der Waals surface area contributed by atoms with Gasteiger partial charge in [0.1, 0.15) is 11.5 Å². The Hall–Kier alpha value is -2.47. The topological polar surface area (TPSA) is 62.6 Å². The van der Waals surface area contributed by atoms with E-state index in [1.807, 2.05) is 37.3 Å². The Labute approximate surface area is 144 Å². The largest absolute Gasteiger partial charge is 0.462 e. The fourth-order valence-corrected chi connectivity index (χ4v) is 3.14. The maximum atomic E-state index is 12.4. The maximum Gasteiger partial charge on any atom is 0.295 e. The van der Waals surface area contributed by atoms with Gasteiger partial charge in [0.05, 0.1) is 11.6 Å². The molecule has 0 radical (unpaired) electrons. The van der Waals surface area contributed by atoms with Gasteiger partial charge in [0.25, 0.3) is 11.1 Å². The van der Waals surface area contributed by atoms with Crippen LogP contribution in [0.4, 0.5) is 10.5 Å². The molecule has 1 fully saturated rings. The fraction of sp³-hybridized carbons (Fsp3) is 0.222. The zero-order valence-corrected chi connectivity index (χ0v) is 14.4. The van der Waals surface area contributed by atoms with Gasteiger partial charge >= 0.3 is 0 Å². The third-order valence-electron chi connectivity index (χ3n) is 3.71. The normalized spacial score (nSPS) is 16.2. The zero-order chi connectivity index (χ0) is 17.1. The summed E-state index contributed by atoms with van der Waals surface area (Å²) in [7, 11) is 0. The van der Waals surface area contributed by atoms with E-state index in [1.54, 1.807) is 12.1 Å². The van der Waals surface area contributed by atoms with E-state index in [4.69, 9.17) is 4.42 Å². The molecule has 1 aromatic heterocycles. The number of aryl methyl sites for hydroxylation is 2. The highest BCUT2D eigenvalue weighted by atomic mass is 32.2. The number of benzene rings is 1. The summed E-state index contributed by atoms with van der Waals surface area (Å²) in [6, 6.07) is 11.5. The van der Waals surface area contributed by atoms with E-state index in [0.29, 0.717) is 10.7 Å². The number of carbonyl (C=O) groups excluding carboxylic acids is 2. The number of furan rings is 1. The summed E-state index contributed by atoms with van der Waals surface area (Å²) in [5, 5.41) is 2.82. The van der Waals surface area contributed by atoms with Crippen LogP contribution in [0.15, 0.2) is 45.7 Å². The van der Waals surface area contributed by atoms with Gasteiger partial charge < -0.3 is 9.73 Å². The average molecular weight is 342 g/mol. The molecule has 1 saturated heterocycles. The minimum atomic E-state index is -0.309. The van der Waals surface area contributed by atoms with Crippen molar-refractivity contribution in [2.45, 2.75) is 20.3 Å². The lowest BCUT2D eigenvalue weighted by molar-refractivity contribution is -0.122. The molecule has 2 aromatic rings. The van der Waals surface area contributed by atoms with Crippen LogP contribution in [0.1, 0.15) is 24.0 Å². The van der Waals surface area contributed by atoms with E-state index in [-0.39, 0.29) is 17.8 Å². The number of nitrogens with zero attached hydrogens (tertiary/aromatic N) is 1. The average Bonchev–Trinajstić information content (AvgIpc) is 3.10. The first-order valence-electron chi connectivity index (χ1n) is 7.71. The van der Waals surface area contributed by atoms with Crippen molar-refractivity contribution in [1.82, 2.24) is 4.90 Å². The minimum absolute atomic E-state index is 0.144. The number of amides is 2. The molecule has 0 saturated carbocycles. The van der Waals surface area contributed by atoms with Gasteiger partial charge in [-0.05, 0) is 54.9 Å². The lowest BCUT2D eigenvalue weighted by Crippen LogP contribution is -2.33. The lowest BCUT2D eigenvalue weighted by atomic mass is 10.1. The summed E-state index contributed by atoms with van der Waals surface area (Å²) in [5.74, 6) is 1.02. The van der Waals surface area contributed by atoms with Gasteiger partial charge in [0.15, 0.2) is 0 Å². The molecule has 0 aliphatic carbocycles. The van der Waals surface area contributed by atoms with Crippen LogP contribution in [0.3, 0.4) is 0 Å². The highest BCUT2D eigenvalue weighted by Crippen LogP contribution is 2.32. The first-order chi connectivity index (χ1) is 11.6. The predicted octanol–water partition coefficient (Wildman–Crippen LogP) is 4.26. The highest BCUT2D eigenvalue weighted by Gasteiger charge is 2.35. The zero-order valence-electron chi connectivity index (χ0n) is 13.5. The quantitative estimate of drug-likeness (QED) is 0.823. The van der Waals surface area contributed by atoms with Gasteiger partial charge in [0, 0.05) is 11.8 Å². The molecule has 5 nitrogen and oxygen atoms in total. The SMILES string of the molecule is CCc1ccc(NCN2C(=O)SC(=Cc3ccc(C)o3)C2=O)cc1. The summed E-state index contributed by atoms with van der Waals surface area (Å²) in [6.45, 7) is 4.07. The molecule has 0 unspecified atom stereocenters. The maximum absolute atomic E-state index is 12.4. The second-order valence-electron chi connectivity index (χ2n) is 5.44. The Morgan fingerprint density at radius 3 is 2.54 bits per heavy atom. The summed E-state index contributed by atoms with van der Waals surface area (Å²) >= 11 is 0.926. The Kier molecular flexibility index (Phi) is 4.76. The number of rotatable bonds is 5. The van der Waals surface area contributed by atoms with Crippen LogP contribution >= 0.6 is 11.8 Å². The number of hydrogen-bond acceptors (Lipinski definition) is 5. The molecule has 0 spiro atoms. The first-order valence-corrected chi connectivity index (χ1v) is 8.53. The molecular weight excluding hydrogens is 324 g/mol. The minimum Gasteiger partial charge on any atom is -0.462 e. The Morgan fingerprint density at radius 2 is 1.92 bits per heavy atom. The van der Waals surface area contributed by atoms with E-state index in [1.165, 1.54) is 10.5 Å². The predicted molar refractivity (Wildman–Crippen MR) is 95.6 cm³/mol. The van der Waals surface area contributed by atoms with Crippen LogP contribution in [0.25, 0.3) is 6.08 Å². The van der Waals surface area contributed by atoms with Gasteiger partial charge in [-0.3, -0.25) is 14.5 Å². The van der Waals surface area contributed by atoms with Crippen LogP contribution in [0, 0.1) is 6.92 Å². The molecule has 0 bridgehead atoms. The molecule has 1 aliphatic rings. The van der Waals surface area contributed by atoms with Crippen LogP contribution < -0.4 is 5.32 Å².